The lowest BCUT2D eigenvalue weighted by Gasteiger charge is -2.08. The van der Waals surface area contributed by atoms with E-state index in [2.05, 4.69) is 20.3 Å². The van der Waals surface area contributed by atoms with E-state index in [4.69, 9.17) is 11.6 Å². The molecule has 0 saturated carbocycles. The Bertz CT molecular complexity index is 1390. The van der Waals surface area contributed by atoms with Gasteiger partial charge < -0.3 is 5.32 Å². The van der Waals surface area contributed by atoms with Gasteiger partial charge in [0.2, 0.25) is 5.95 Å². The fourth-order valence-electron chi connectivity index (χ4n) is 3.31. The lowest BCUT2D eigenvalue weighted by molar-refractivity contribution is 0.103. The second-order valence-electron chi connectivity index (χ2n) is 6.88. The standard InChI is InChI=1S/C24H16ClN5O/c25-18-5-3-4-17(14-18)23(31)16-7-9-19(10-8-16)28-24-26-12-11-20(29-24)21-15-27-22-6-1-2-13-30(21)22/h1-15H,(H,26,28,29). The SMILES string of the molecule is O=C(c1ccc(Nc2nccc(-c3cnc4ccccn34)n2)cc1)c1cccc(Cl)c1. The van der Waals surface area contributed by atoms with E-state index in [1.807, 2.05) is 47.0 Å². The molecule has 0 fully saturated rings. The maximum absolute atomic E-state index is 12.6. The highest BCUT2D eigenvalue weighted by molar-refractivity contribution is 6.31. The van der Waals surface area contributed by atoms with Crippen molar-refractivity contribution in [2.24, 2.45) is 0 Å². The fraction of sp³-hybridized carbons (Fsp3) is 0. The highest BCUT2D eigenvalue weighted by atomic mass is 35.5. The van der Waals surface area contributed by atoms with Crippen molar-refractivity contribution in [3.05, 3.63) is 108 Å². The number of carbonyl (C=O) groups excluding carboxylic acids is 1. The molecule has 0 saturated heterocycles. The molecule has 31 heavy (non-hydrogen) atoms. The molecule has 150 valence electrons. The maximum atomic E-state index is 12.6. The van der Waals surface area contributed by atoms with Gasteiger partial charge in [-0.25, -0.2) is 15.0 Å². The van der Waals surface area contributed by atoms with Gasteiger partial charge in [0.05, 0.1) is 17.6 Å². The first kappa shape index (κ1) is 19.0. The molecule has 3 heterocycles. The summed E-state index contributed by atoms with van der Waals surface area (Å²) in [6.45, 7) is 0. The monoisotopic (exact) mass is 425 g/mol. The predicted molar refractivity (Wildman–Crippen MR) is 121 cm³/mol. The number of aromatic nitrogens is 4. The van der Waals surface area contributed by atoms with Gasteiger partial charge in [0.25, 0.3) is 0 Å². The molecule has 0 aliphatic rings. The van der Waals surface area contributed by atoms with Gasteiger partial charge in [0.1, 0.15) is 5.65 Å². The third kappa shape index (κ3) is 3.89. The number of hydrogen-bond acceptors (Lipinski definition) is 5. The van der Waals surface area contributed by atoms with E-state index in [1.54, 1.807) is 48.8 Å². The summed E-state index contributed by atoms with van der Waals surface area (Å²) < 4.78 is 1.97. The number of nitrogens with one attached hydrogen (secondary N) is 1. The summed E-state index contributed by atoms with van der Waals surface area (Å²) in [7, 11) is 0. The van der Waals surface area contributed by atoms with Crippen LogP contribution in [0.5, 0.6) is 0 Å². The summed E-state index contributed by atoms with van der Waals surface area (Å²) in [5.41, 5.74) is 4.39. The molecular formula is C24H16ClN5O. The number of hydrogen-bond donors (Lipinski definition) is 1. The number of halogens is 1. The van der Waals surface area contributed by atoms with Crippen LogP contribution in [-0.2, 0) is 0 Å². The summed E-state index contributed by atoms with van der Waals surface area (Å²) in [6.07, 6.45) is 5.43. The molecule has 1 N–H and O–H groups in total. The van der Waals surface area contributed by atoms with Crippen molar-refractivity contribution >= 4 is 34.7 Å². The van der Waals surface area contributed by atoms with Gasteiger partial charge in [-0.3, -0.25) is 9.20 Å². The largest absolute Gasteiger partial charge is 0.324 e. The number of imidazole rings is 1. The van der Waals surface area contributed by atoms with E-state index in [0.717, 1.165) is 22.7 Å². The van der Waals surface area contributed by atoms with E-state index in [1.165, 1.54) is 0 Å². The third-order valence-corrected chi connectivity index (χ3v) is 5.06. The van der Waals surface area contributed by atoms with Crippen molar-refractivity contribution in [2.45, 2.75) is 0 Å². The lowest BCUT2D eigenvalue weighted by Crippen LogP contribution is -2.02. The Labute approximate surface area is 183 Å². The van der Waals surface area contributed by atoms with Crippen LogP contribution in [0.25, 0.3) is 17.0 Å². The Hall–Kier alpha value is -4.03. The van der Waals surface area contributed by atoms with Crippen LogP contribution in [0, 0.1) is 0 Å². The van der Waals surface area contributed by atoms with Gasteiger partial charge in [-0.2, -0.15) is 0 Å². The van der Waals surface area contributed by atoms with Crippen LogP contribution in [0.4, 0.5) is 11.6 Å². The predicted octanol–water partition coefficient (Wildman–Crippen LogP) is 5.42. The van der Waals surface area contributed by atoms with Crippen molar-refractivity contribution in [2.75, 3.05) is 5.32 Å². The zero-order valence-corrected chi connectivity index (χ0v) is 17.0. The first-order valence-corrected chi connectivity index (χ1v) is 9.98. The first-order chi connectivity index (χ1) is 15.2. The van der Waals surface area contributed by atoms with Crippen molar-refractivity contribution in [3.8, 4) is 11.4 Å². The summed E-state index contributed by atoms with van der Waals surface area (Å²) in [4.78, 5) is 26.0. The molecule has 3 aromatic heterocycles. The average Bonchev–Trinajstić information content (AvgIpc) is 3.24. The van der Waals surface area contributed by atoms with Crippen LogP contribution >= 0.6 is 11.6 Å². The Kier molecular flexibility index (Phi) is 4.90. The molecule has 6 nitrogen and oxygen atoms in total. The quantitative estimate of drug-likeness (QED) is 0.381. The minimum absolute atomic E-state index is 0.0834. The molecule has 0 unspecified atom stereocenters. The van der Waals surface area contributed by atoms with E-state index < -0.39 is 0 Å². The molecule has 2 aromatic carbocycles. The molecule has 0 amide bonds. The molecule has 0 aliphatic heterocycles. The maximum Gasteiger partial charge on any atom is 0.227 e. The zero-order valence-electron chi connectivity index (χ0n) is 16.2. The summed E-state index contributed by atoms with van der Waals surface area (Å²) in [6, 6.07) is 21.8. The van der Waals surface area contributed by atoms with Crippen molar-refractivity contribution in [3.63, 3.8) is 0 Å². The molecular weight excluding hydrogens is 410 g/mol. The molecule has 5 rings (SSSR count). The summed E-state index contributed by atoms with van der Waals surface area (Å²) in [5, 5.41) is 3.72. The number of anilines is 2. The van der Waals surface area contributed by atoms with Gasteiger partial charge in [-0.15, -0.1) is 0 Å². The van der Waals surface area contributed by atoms with Crippen LogP contribution in [0.3, 0.4) is 0 Å². The minimum Gasteiger partial charge on any atom is -0.324 e. The molecule has 0 aliphatic carbocycles. The number of carbonyl (C=O) groups is 1. The number of nitrogens with zero attached hydrogens (tertiary/aromatic N) is 4. The average molecular weight is 426 g/mol. The Morgan fingerprint density at radius 2 is 1.77 bits per heavy atom. The van der Waals surface area contributed by atoms with Crippen LogP contribution < -0.4 is 5.32 Å². The van der Waals surface area contributed by atoms with E-state index in [-0.39, 0.29) is 5.78 Å². The first-order valence-electron chi connectivity index (χ1n) is 9.60. The van der Waals surface area contributed by atoms with Crippen LogP contribution in [-0.4, -0.2) is 25.1 Å². The second-order valence-corrected chi connectivity index (χ2v) is 7.32. The minimum atomic E-state index is -0.0834. The zero-order chi connectivity index (χ0) is 21.2. The smallest absolute Gasteiger partial charge is 0.227 e. The normalized spacial score (nSPS) is 10.9. The number of ketones is 1. The molecule has 0 bridgehead atoms. The van der Waals surface area contributed by atoms with Gasteiger partial charge >= 0.3 is 0 Å². The fourth-order valence-corrected chi connectivity index (χ4v) is 3.50. The highest BCUT2D eigenvalue weighted by Gasteiger charge is 2.11. The van der Waals surface area contributed by atoms with Crippen LogP contribution in [0.15, 0.2) is 91.4 Å². The number of rotatable bonds is 5. The summed E-state index contributed by atoms with van der Waals surface area (Å²) >= 11 is 5.99. The topological polar surface area (TPSA) is 72.2 Å². The van der Waals surface area contributed by atoms with Crippen molar-refractivity contribution in [1.82, 2.24) is 19.4 Å². The number of pyridine rings is 1. The molecule has 5 aromatic rings. The third-order valence-electron chi connectivity index (χ3n) is 4.83. The molecule has 7 heteroatoms. The second kappa shape index (κ2) is 8.01. The van der Waals surface area contributed by atoms with Crippen molar-refractivity contribution < 1.29 is 4.79 Å². The van der Waals surface area contributed by atoms with Crippen LogP contribution in [0.2, 0.25) is 5.02 Å². The highest BCUT2D eigenvalue weighted by Crippen LogP contribution is 2.22. The number of fused-ring (bicyclic) bond motifs is 1. The van der Waals surface area contributed by atoms with Gasteiger partial charge in [0, 0.05) is 34.2 Å². The molecule has 0 radical (unpaired) electrons. The van der Waals surface area contributed by atoms with E-state index in [0.29, 0.717) is 22.1 Å². The summed E-state index contributed by atoms with van der Waals surface area (Å²) in [5.74, 6) is 0.372. The molecule has 0 spiro atoms. The van der Waals surface area contributed by atoms with E-state index in [9.17, 15) is 4.79 Å². The Morgan fingerprint density at radius 1 is 0.903 bits per heavy atom. The Balaban J connectivity index is 1.37. The van der Waals surface area contributed by atoms with Crippen molar-refractivity contribution in [1.29, 1.82) is 0 Å². The number of benzene rings is 2. The van der Waals surface area contributed by atoms with Gasteiger partial charge in [0.15, 0.2) is 5.78 Å². The Morgan fingerprint density at radius 3 is 2.61 bits per heavy atom. The molecule has 0 atom stereocenters. The van der Waals surface area contributed by atoms with Gasteiger partial charge in [-0.1, -0.05) is 29.8 Å². The van der Waals surface area contributed by atoms with Crippen LogP contribution in [0.1, 0.15) is 15.9 Å². The van der Waals surface area contributed by atoms with Gasteiger partial charge in [-0.05, 0) is 54.6 Å². The van der Waals surface area contributed by atoms with E-state index >= 15 is 0 Å². The lowest BCUT2D eigenvalue weighted by atomic mass is 10.0.